The molecule has 92 valence electrons. The Labute approximate surface area is 102 Å². The topological polar surface area (TPSA) is 38.3 Å². The van der Waals surface area contributed by atoms with Crippen molar-refractivity contribution >= 4 is 5.91 Å². The van der Waals surface area contributed by atoms with Gasteiger partial charge in [0.1, 0.15) is 5.75 Å². The third-order valence-corrected chi connectivity index (χ3v) is 3.32. The van der Waals surface area contributed by atoms with Crippen LogP contribution in [-0.4, -0.2) is 13.0 Å². The molecule has 1 unspecified atom stereocenters. The fraction of sp³-hybridized carbons (Fsp3) is 0.500. The van der Waals surface area contributed by atoms with Gasteiger partial charge in [-0.05, 0) is 37.0 Å². The van der Waals surface area contributed by atoms with Crippen LogP contribution in [0.2, 0.25) is 0 Å². The van der Waals surface area contributed by atoms with Crippen molar-refractivity contribution in [3.05, 3.63) is 29.3 Å². The fourth-order valence-corrected chi connectivity index (χ4v) is 2.28. The standard InChI is InChI=1S/C14H19NO2/c1-10-7-8-11(9-13(10)17-2)12-5-3-4-6-14(16)15-12/h7-9,12H,3-6H2,1-2H3,(H,15,16). The second-order valence-corrected chi connectivity index (χ2v) is 4.59. The summed E-state index contributed by atoms with van der Waals surface area (Å²) in [6.07, 6.45) is 3.75. The predicted molar refractivity (Wildman–Crippen MR) is 67.1 cm³/mol. The van der Waals surface area contributed by atoms with Crippen LogP contribution in [0.4, 0.5) is 0 Å². The van der Waals surface area contributed by atoms with Gasteiger partial charge in [-0.2, -0.15) is 0 Å². The van der Waals surface area contributed by atoms with Gasteiger partial charge in [-0.25, -0.2) is 0 Å². The maximum absolute atomic E-state index is 11.5. The molecule has 0 radical (unpaired) electrons. The van der Waals surface area contributed by atoms with E-state index in [4.69, 9.17) is 4.74 Å². The lowest BCUT2D eigenvalue weighted by Crippen LogP contribution is -2.26. The molecule has 1 N–H and O–H groups in total. The third-order valence-electron chi connectivity index (χ3n) is 3.32. The van der Waals surface area contributed by atoms with Gasteiger partial charge in [0, 0.05) is 6.42 Å². The van der Waals surface area contributed by atoms with E-state index in [0.29, 0.717) is 6.42 Å². The van der Waals surface area contributed by atoms with Gasteiger partial charge in [-0.15, -0.1) is 0 Å². The number of methoxy groups -OCH3 is 1. The highest BCUT2D eigenvalue weighted by Gasteiger charge is 2.18. The minimum atomic E-state index is 0.138. The van der Waals surface area contributed by atoms with Crippen molar-refractivity contribution in [2.24, 2.45) is 0 Å². The van der Waals surface area contributed by atoms with Crippen LogP contribution in [0.3, 0.4) is 0 Å². The van der Waals surface area contributed by atoms with E-state index in [1.165, 1.54) is 0 Å². The van der Waals surface area contributed by atoms with E-state index < -0.39 is 0 Å². The van der Waals surface area contributed by atoms with E-state index in [9.17, 15) is 4.79 Å². The van der Waals surface area contributed by atoms with Gasteiger partial charge in [0.2, 0.25) is 5.91 Å². The van der Waals surface area contributed by atoms with Gasteiger partial charge >= 0.3 is 0 Å². The fourth-order valence-electron chi connectivity index (χ4n) is 2.28. The Balaban J connectivity index is 2.23. The number of carbonyl (C=O) groups excluding carboxylic acids is 1. The van der Waals surface area contributed by atoms with Crippen molar-refractivity contribution in [3.63, 3.8) is 0 Å². The van der Waals surface area contributed by atoms with Gasteiger partial charge in [0.05, 0.1) is 13.2 Å². The Morgan fingerprint density at radius 3 is 2.94 bits per heavy atom. The summed E-state index contributed by atoms with van der Waals surface area (Å²) in [6.45, 7) is 2.02. The van der Waals surface area contributed by atoms with E-state index in [2.05, 4.69) is 11.4 Å². The van der Waals surface area contributed by atoms with Crippen LogP contribution in [0, 0.1) is 6.92 Å². The number of aryl methyl sites for hydroxylation is 1. The zero-order valence-corrected chi connectivity index (χ0v) is 10.5. The van der Waals surface area contributed by atoms with Crippen molar-refractivity contribution in [2.45, 2.75) is 38.6 Å². The molecule has 2 rings (SSSR count). The lowest BCUT2D eigenvalue weighted by molar-refractivity contribution is -0.121. The van der Waals surface area contributed by atoms with Crippen LogP contribution < -0.4 is 10.1 Å². The average Bonchev–Trinajstić information content (AvgIpc) is 2.54. The molecule has 1 aromatic carbocycles. The summed E-state index contributed by atoms with van der Waals surface area (Å²) in [4.78, 5) is 11.5. The monoisotopic (exact) mass is 233 g/mol. The summed E-state index contributed by atoms with van der Waals surface area (Å²) in [5, 5.41) is 3.07. The van der Waals surface area contributed by atoms with E-state index >= 15 is 0 Å². The van der Waals surface area contributed by atoms with Crippen LogP contribution in [0.25, 0.3) is 0 Å². The minimum Gasteiger partial charge on any atom is -0.496 e. The number of ether oxygens (including phenoxy) is 1. The van der Waals surface area contributed by atoms with Crippen LogP contribution >= 0.6 is 0 Å². The largest absolute Gasteiger partial charge is 0.496 e. The molecule has 1 aromatic rings. The second kappa shape index (κ2) is 5.21. The van der Waals surface area contributed by atoms with E-state index in [1.807, 2.05) is 19.1 Å². The van der Waals surface area contributed by atoms with Crippen molar-refractivity contribution in [1.29, 1.82) is 0 Å². The SMILES string of the molecule is COc1cc(C2CCCCC(=O)N2)ccc1C. The number of carbonyl (C=O) groups is 1. The number of nitrogens with one attached hydrogen (secondary N) is 1. The molecule has 3 nitrogen and oxygen atoms in total. The van der Waals surface area contributed by atoms with Crippen molar-refractivity contribution in [1.82, 2.24) is 5.32 Å². The first-order chi connectivity index (χ1) is 8.20. The smallest absolute Gasteiger partial charge is 0.220 e. The molecule has 0 saturated carbocycles. The first-order valence-electron chi connectivity index (χ1n) is 6.14. The summed E-state index contributed by atoms with van der Waals surface area (Å²) in [6, 6.07) is 6.30. The Kier molecular flexibility index (Phi) is 3.67. The molecule has 1 saturated heterocycles. The molecular weight excluding hydrogens is 214 g/mol. The van der Waals surface area contributed by atoms with Gasteiger partial charge < -0.3 is 10.1 Å². The van der Waals surface area contributed by atoms with Crippen LogP contribution in [0.1, 0.15) is 42.9 Å². The van der Waals surface area contributed by atoms with Gasteiger partial charge in [0.15, 0.2) is 0 Å². The van der Waals surface area contributed by atoms with Crippen LogP contribution in [-0.2, 0) is 4.79 Å². The van der Waals surface area contributed by atoms with Crippen LogP contribution in [0.15, 0.2) is 18.2 Å². The number of hydrogen-bond donors (Lipinski definition) is 1. The van der Waals surface area contributed by atoms with E-state index in [0.717, 1.165) is 36.1 Å². The number of hydrogen-bond acceptors (Lipinski definition) is 2. The first kappa shape index (κ1) is 12.0. The Morgan fingerprint density at radius 1 is 1.35 bits per heavy atom. The number of rotatable bonds is 2. The molecule has 1 fully saturated rings. The zero-order chi connectivity index (χ0) is 12.3. The van der Waals surface area contributed by atoms with Gasteiger partial charge in [-0.3, -0.25) is 4.79 Å². The van der Waals surface area contributed by atoms with E-state index in [1.54, 1.807) is 7.11 Å². The lowest BCUT2D eigenvalue weighted by Gasteiger charge is -2.17. The number of amides is 1. The summed E-state index contributed by atoms with van der Waals surface area (Å²) in [5.41, 5.74) is 2.26. The molecular formula is C14H19NO2. The molecule has 0 aliphatic carbocycles. The summed E-state index contributed by atoms with van der Waals surface area (Å²) in [7, 11) is 1.68. The molecule has 1 aliphatic heterocycles. The molecule has 3 heteroatoms. The zero-order valence-electron chi connectivity index (χ0n) is 10.5. The maximum atomic E-state index is 11.5. The Bertz CT molecular complexity index is 415. The molecule has 1 atom stereocenters. The molecule has 0 bridgehead atoms. The highest BCUT2D eigenvalue weighted by Crippen LogP contribution is 2.27. The maximum Gasteiger partial charge on any atom is 0.220 e. The molecule has 1 aliphatic rings. The predicted octanol–water partition coefficient (Wildman–Crippen LogP) is 2.73. The average molecular weight is 233 g/mol. The Morgan fingerprint density at radius 2 is 2.18 bits per heavy atom. The summed E-state index contributed by atoms with van der Waals surface area (Å²) < 4.78 is 5.32. The highest BCUT2D eigenvalue weighted by molar-refractivity contribution is 5.76. The third kappa shape index (κ3) is 2.78. The molecule has 17 heavy (non-hydrogen) atoms. The van der Waals surface area contributed by atoms with Gasteiger partial charge in [-0.1, -0.05) is 18.6 Å². The number of benzene rings is 1. The molecule has 1 heterocycles. The molecule has 0 spiro atoms. The summed E-state index contributed by atoms with van der Waals surface area (Å²) in [5.74, 6) is 1.05. The summed E-state index contributed by atoms with van der Waals surface area (Å²) >= 11 is 0. The van der Waals surface area contributed by atoms with Crippen molar-refractivity contribution < 1.29 is 9.53 Å². The highest BCUT2D eigenvalue weighted by atomic mass is 16.5. The quantitative estimate of drug-likeness (QED) is 0.853. The molecule has 1 amide bonds. The Hall–Kier alpha value is -1.51. The van der Waals surface area contributed by atoms with Gasteiger partial charge in [0.25, 0.3) is 0 Å². The second-order valence-electron chi connectivity index (χ2n) is 4.59. The first-order valence-corrected chi connectivity index (χ1v) is 6.14. The lowest BCUT2D eigenvalue weighted by atomic mass is 10.0. The minimum absolute atomic E-state index is 0.138. The molecule has 0 aromatic heterocycles. The van der Waals surface area contributed by atoms with Crippen molar-refractivity contribution in [3.8, 4) is 5.75 Å². The van der Waals surface area contributed by atoms with Crippen molar-refractivity contribution in [2.75, 3.05) is 7.11 Å². The van der Waals surface area contributed by atoms with Crippen LogP contribution in [0.5, 0.6) is 5.75 Å². The normalized spacial score (nSPS) is 20.6. The van der Waals surface area contributed by atoms with E-state index in [-0.39, 0.29) is 11.9 Å².